The Labute approximate surface area is 129 Å². The summed E-state index contributed by atoms with van der Waals surface area (Å²) in [5.74, 6) is 1.77. The Morgan fingerprint density at radius 1 is 1.00 bits per heavy atom. The first-order valence-electron chi connectivity index (χ1n) is 8.09. The van der Waals surface area contributed by atoms with Crippen LogP contribution in [0.1, 0.15) is 47.0 Å². The molecule has 1 saturated heterocycles. The van der Waals surface area contributed by atoms with E-state index in [9.17, 15) is 0 Å². The Bertz CT molecular complexity index is 338. The van der Waals surface area contributed by atoms with Crippen molar-refractivity contribution in [2.75, 3.05) is 26.2 Å². The van der Waals surface area contributed by atoms with E-state index in [4.69, 9.17) is 18.0 Å². The molecule has 2 rings (SSSR count). The molecule has 0 radical (unpaired) electrons. The maximum atomic E-state index is 5.89. The van der Waals surface area contributed by atoms with Crippen LogP contribution in [0.5, 0.6) is 0 Å². The van der Waals surface area contributed by atoms with E-state index in [0.717, 1.165) is 44.1 Å². The third-order valence-electron chi connectivity index (χ3n) is 5.38. The molecule has 0 bridgehead atoms. The number of nitrogens with zero attached hydrogens (tertiary/aromatic N) is 2. The molecule has 1 aliphatic heterocycles. The van der Waals surface area contributed by atoms with Gasteiger partial charge in [-0.1, -0.05) is 26.1 Å². The van der Waals surface area contributed by atoms with Crippen molar-refractivity contribution in [3.8, 4) is 0 Å². The molecule has 0 aromatic heterocycles. The van der Waals surface area contributed by atoms with Gasteiger partial charge in [-0.15, -0.1) is 0 Å². The van der Waals surface area contributed by atoms with Crippen molar-refractivity contribution in [1.82, 2.24) is 9.80 Å². The van der Waals surface area contributed by atoms with Crippen LogP contribution in [0.3, 0.4) is 0 Å². The molecule has 2 atom stereocenters. The predicted molar refractivity (Wildman–Crippen MR) is 90.0 cm³/mol. The second kappa shape index (κ2) is 6.29. The maximum absolute atomic E-state index is 5.89. The molecule has 0 amide bonds. The third kappa shape index (κ3) is 3.52. The van der Waals surface area contributed by atoms with Crippen LogP contribution in [0.15, 0.2) is 0 Å². The SMILES string of the molecule is CC1CC(C)CC(N2CCN(C(C)(C)C(N)=S)CC2)C1. The van der Waals surface area contributed by atoms with Gasteiger partial charge in [0, 0.05) is 32.2 Å². The van der Waals surface area contributed by atoms with Crippen LogP contribution >= 0.6 is 12.2 Å². The van der Waals surface area contributed by atoms with Gasteiger partial charge in [0.05, 0.1) is 10.5 Å². The zero-order valence-electron chi connectivity index (χ0n) is 13.6. The number of nitrogens with two attached hydrogens (primary N) is 1. The van der Waals surface area contributed by atoms with Crippen molar-refractivity contribution >= 4 is 17.2 Å². The zero-order valence-corrected chi connectivity index (χ0v) is 14.4. The molecule has 3 nitrogen and oxygen atoms in total. The summed E-state index contributed by atoms with van der Waals surface area (Å²) >= 11 is 5.22. The summed E-state index contributed by atoms with van der Waals surface area (Å²) < 4.78 is 0. The third-order valence-corrected chi connectivity index (χ3v) is 5.88. The summed E-state index contributed by atoms with van der Waals surface area (Å²) in [5.41, 5.74) is 5.75. The highest BCUT2D eigenvalue weighted by atomic mass is 32.1. The molecule has 0 spiro atoms. The van der Waals surface area contributed by atoms with Crippen molar-refractivity contribution in [2.24, 2.45) is 17.6 Å². The summed E-state index contributed by atoms with van der Waals surface area (Å²) in [6, 6.07) is 0.795. The Balaban J connectivity index is 1.89. The molecule has 20 heavy (non-hydrogen) atoms. The van der Waals surface area contributed by atoms with Crippen LogP contribution in [0.2, 0.25) is 0 Å². The Morgan fingerprint density at radius 2 is 1.50 bits per heavy atom. The first-order valence-corrected chi connectivity index (χ1v) is 8.50. The van der Waals surface area contributed by atoms with Crippen molar-refractivity contribution in [1.29, 1.82) is 0 Å². The van der Waals surface area contributed by atoms with Gasteiger partial charge in [0.1, 0.15) is 0 Å². The first-order chi connectivity index (χ1) is 9.30. The van der Waals surface area contributed by atoms with Crippen molar-refractivity contribution < 1.29 is 0 Å². The monoisotopic (exact) mass is 297 g/mol. The number of piperazine rings is 1. The van der Waals surface area contributed by atoms with Crippen LogP contribution in [0, 0.1) is 11.8 Å². The molecule has 1 aliphatic carbocycles. The van der Waals surface area contributed by atoms with Crippen molar-refractivity contribution in [3.63, 3.8) is 0 Å². The minimum absolute atomic E-state index is 0.144. The van der Waals surface area contributed by atoms with E-state index in [0.29, 0.717) is 4.99 Å². The number of thiocarbonyl (C=S) groups is 1. The fraction of sp³-hybridized carbons (Fsp3) is 0.938. The molecule has 1 saturated carbocycles. The van der Waals surface area contributed by atoms with Crippen molar-refractivity contribution in [2.45, 2.75) is 58.5 Å². The van der Waals surface area contributed by atoms with Gasteiger partial charge in [-0.2, -0.15) is 0 Å². The normalized spacial score (nSPS) is 34.1. The van der Waals surface area contributed by atoms with E-state index in [1.165, 1.54) is 19.3 Å². The molecule has 0 aromatic carbocycles. The van der Waals surface area contributed by atoms with Crippen LogP contribution in [0.4, 0.5) is 0 Å². The molecule has 2 fully saturated rings. The van der Waals surface area contributed by atoms with Crippen LogP contribution in [0.25, 0.3) is 0 Å². The van der Waals surface area contributed by atoms with Gasteiger partial charge in [0.2, 0.25) is 0 Å². The molecule has 116 valence electrons. The smallest absolute Gasteiger partial charge is 0.0928 e. The fourth-order valence-electron chi connectivity index (χ4n) is 4.00. The standard InChI is InChI=1S/C16H31N3S/c1-12-9-13(2)11-14(10-12)18-5-7-19(8-6-18)16(3,4)15(17)20/h12-14H,5-11H2,1-4H3,(H2,17,20). The van der Waals surface area contributed by atoms with Gasteiger partial charge < -0.3 is 5.73 Å². The highest BCUT2D eigenvalue weighted by Gasteiger charge is 2.35. The Morgan fingerprint density at radius 3 is 1.95 bits per heavy atom. The fourth-order valence-corrected chi connectivity index (χ4v) is 4.13. The topological polar surface area (TPSA) is 32.5 Å². The van der Waals surface area contributed by atoms with Crippen LogP contribution in [-0.2, 0) is 0 Å². The Hall–Kier alpha value is -0.190. The minimum Gasteiger partial charge on any atom is -0.392 e. The molecule has 1 heterocycles. The quantitative estimate of drug-likeness (QED) is 0.811. The highest BCUT2D eigenvalue weighted by molar-refractivity contribution is 7.80. The van der Waals surface area contributed by atoms with E-state index in [-0.39, 0.29) is 5.54 Å². The molecular weight excluding hydrogens is 266 g/mol. The van der Waals surface area contributed by atoms with Gasteiger partial charge in [-0.25, -0.2) is 0 Å². The average Bonchev–Trinajstić information content (AvgIpc) is 2.37. The lowest BCUT2D eigenvalue weighted by atomic mass is 9.79. The summed E-state index contributed by atoms with van der Waals surface area (Å²) in [5, 5.41) is 0. The number of hydrogen-bond donors (Lipinski definition) is 1. The summed E-state index contributed by atoms with van der Waals surface area (Å²) in [6.07, 6.45) is 4.16. The van der Waals surface area contributed by atoms with Crippen molar-refractivity contribution in [3.05, 3.63) is 0 Å². The molecular formula is C16H31N3S. The zero-order chi connectivity index (χ0) is 14.9. The number of rotatable bonds is 3. The largest absolute Gasteiger partial charge is 0.392 e. The van der Waals surface area contributed by atoms with Crippen LogP contribution in [-0.4, -0.2) is 52.5 Å². The van der Waals surface area contributed by atoms with Gasteiger partial charge >= 0.3 is 0 Å². The molecule has 4 heteroatoms. The van der Waals surface area contributed by atoms with E-state index >= 15 is 0 Å². The lowest BCUT2D eigenvalue weighted by Gasteiger charge is -2.47. The van der Waals surface area contributed by atoms with Gasteiger partial charge in [0.15, 0.2) is 0 Å². The lowest BCUT2D eigenvalue weighted by Crippen LogP contribution is -2.60. The van der Waals surface area contributed by atoms with E-state index in [2.05, 4.69) is 37.5 Å². The number of hydrogen-bond acceptors (Lipinski definition) is 3. The lowest BCUT2D eigenvalue weighted by molar-refractivity contribution is 0.0342. The second-order valence-electron chi connectivity index (χ2n) is 7.52. The van der Waals surface area contributed by atoms with E-state index in [1.54, 1.807) is 0 Å². The van der Waals surface area contributed by atoms with E-state index in [1.807, 2.05) is 0 Å². The van der Waals surface area contributed by atoms with Crippen LogP contribution < -0.4 is 5.73 Å². The van der Waals surface area contributed by atoms with E-state index < -0.39 is 0 Å². The average molecular weight is 298 g/mol. The highest BCUT2D eigenvalue weighted by Crippen LogP contribution is 2.32. The predicted octanol–water partition coefficient (Wildman–Crippen LogP) is 2.49. The summed E-state index contributed by atoms with van der Waals surface area (Å²) in [7, 11) is 0. The Kier molecular flexibility index (Phi) is 5.09. The maximum Gasteiger partial charge on any atom is 0.0928 e. The van der Waals surface area contributed by atoms with Gasteiger partial charge in [-0.05, 0) is 44.9 Å². The molecule has 2 N–H and O–H groups in total. The van der Waals surface area contributed by atoms with Gasteiger partial charge in [0.25, 0.3) is 0 Å². The minimum atomic E-state index is -0.144. The molecule has 2 unspecified atom stereocenters. The summed E-state index contributed by atoms with van der Waals surface area (Å²) in [6.45, 7) is 13.6. The summed E-state index contributed by atoms with van der Waals surface area (Å²) in [4.78, 5) is 5.77. The first kappa shape index (κ1) is 16.2. The molecule has 0 aromatic rings. The second-order valence-corrected chi connectivity index (χ2v) is 7.96. The molecule has 2 aliphatic rings. The van der Waals surface area contributed by atoms with Gasteiger partial charge in [-0.3, -0.25) is 9.80 Å².